The Morgan fingerprint density at radius 2 is 2.32 bits per heavy atom. The molecule has 0 spiro atoms. The van der Waals surface area contributed by atoms with Gasteiger partial charge in [0.15, 0.2) is 0 Å². The molecule has 1 aromatic heterocycles. The van der Waals surface area contributed by atoms with Crippen molar-refractivity contribution in [3.05, 3.63) is 16.6 Å². The Morgan fingerprint density at radius 1 is 1.53 bits per heavy atom. The molecule has 2 N–H and O–H groups in total. The van der Waals surface area contributed by atoms with Gasteiger partial charge in [-0.05, 0) is 6.42 Å². The molecule has 1 aromatic rings. The van der Waals surface area contributed by atoms with E-state index in [1.165, 1.54) is 0 Å². The molecule has 1 saturated heterocycles. The maximum absolute atomic E-state index is 10.1. The Balaban J connectivity index is 1.71. The molecule has 6 heteroatoms. The number of aromatic nitrogens is 1. The molecule has 2 rings (SSSR count). The highest BCUT2D eigenvalue weighted by molar-refractivity contribution is 7.09. The molecule has 0 bridgehead atoms. The minimum atomic E-state index is -0.341. The monoisotopic (exact) mass is 285 g/mol. The van der Waals surface area contributed by atoms with Gasteiger partial charge in [0, 0.05) is 37.8 Å². The van der Waals surface area contributed by atoms with Crippen LogP contribution in [0.2, 0.25) is 0 Å². The van der Waals surface area contributed by atoms with E-state index in [2.05, 4.69) is 22.1 Å². The molecule has 0 amide bonds. The summed E-state index contributed by atoms with van der Waals surface area (Å²) >= 11 is 1.66. The molecule has 1 aliphatic rings. The van der Waals surface area contributed by atoms with Gasteiger partial charge in [-0.2, -0.15) is 0 Å². The van der Waals surface area contributed by atoms with Crippen LogP contribution in [0.25, 0.3) is 0 Å². The molecule has 0 saturated carbocycles. The van der Waals surface area contributed by atoms with Crippen molar-refractivity contribution < 1.29 is 9.84 Å². The van der Waals surface area contributed by atoms with Crippen LogP contribution < -0.4 is 5.32 Å². The van der Waals surface area contributed by atoms with E-state index < -0.39 is 0 Å². The standard InChI is InChI=1S/C13H23N3O2S/c1-2-12(13-14-3-8-19-13)15-9-11(17)10-16-4-6-18-7-5-16/h3,8,11-12,15,17H,2,4-7,9-10H2,1H3. The highest BCUT2D eigenvalue weighted by Gasteiger charge is 2.17. The van der Waals surface area contributed by atoms with E-state index in [-0.39, 0.29) is 12.1 Å². The fraction of sp³-hybridized carbons (Fsp3) is 0.769. The van der Waals surface area contributed by atoms with Gasteiger partial charge < -0.3 is 15.2 Å². The largest absolute Gasteiger partial charge is 0.390 e. The van der Waals surface area contributed by atoms with Crippen LogP contribution in [-0.2, 0) is 4.74 Å². The summed E-state index contributed by atoms with van der Waals surface area (Å²) in [7, 11) is 0. The van der Waals surface area contributed by atoms with E-state index in [9.17, 15) is 5.11 Å². The van der Waals surface area contributed by atoms with E-state index >= 15 is 0 Å². The van der Waals surface area contributed by atoms with Crippen LogP contribution in [0.15, 0.2) is 11.6 Å². The number of thiazole rings is 1. The van der Waals surface area contributed by atoms with Crippen molar-refractivity contribution in [2.24, 2.45) is 0 Å². The smallest absolute Gasteiger partial charge is 0.109 e. The first-order valence-corrected chi connectivity index (χ1v) is 7.78. The number of nitrogens with one attached hydrogen (secondary N) is 1. The number of morpholine rings is 1. The van der Waals surface area contributed by atoms with E-state index in [1.807, 2.05) is 11.6 Å². The molecule has 0 aromatic carbocycles. The van der Waals surface area contributed by atoms with Gasteiger partial charge in [-0.25, -0.2) is 4.98 Å². The molecule has 2 atom stereocenters. The summed E-state index contributed by atoms with van der Waals surface area (Å²) in [5.74, 6) is 0. The number of rotatable bonds is 7. The van der Waals surface area contributed by atoms with Gasteiger partial charge in [0.25, 0.3) is 0 Å². The van der Waals surface area contributed by atoms with Crippen molar-refractivity contribution in [1.29, 1.82) is 0 Å². The predicted octanol–water partition coefficient (Wildman–Crippen LogP) is 0.877. The van der Waals surface area contributed by atoms with E-state index in [1.54, 1.807) is 11.3 Å². The number of hydrogen-bond donors (Lipinski definition) is 2. The van der Waals surface area contributed by atoms with Crippen molar-refractivity contribution in [1.82, 2.24) is 15.2 Å². The van der Waals surface area contributed by atoms with Gasteiger partial charge in [-0.15, -0.1) is 11.3 Å². The van der Waals surface area contributed by atoms with Gasteiger partial charge in [0.1, 0.15) is 5.01 Å². The fourth-order valence-electron chi connectivity index (χ4n) is 2.24. The SMILES string of the molecule is CCC(NCC(O)CN1CCOCC1)c1nccs1. The molecule has 2 unspecified atom stereocenters. The van der Waals surface area contributed by atoms with E-state index in [0.29, 0.717) is 13.1 Å². The van der Waals surface area contributed by atoms with Crippen molar-refractivity contribution in [2.75, 3.05) is 39.4 Å². The highest BCUT2D eigenvalue weighted by Crippen LogP contribution is 2.18. The summed E-state index contributed by atoms with van der Waals surface area (Å²) < 4.78 is 5.30. The zero-order chi connectivity index (χ0) is 13.5. The Morgan fingerprint density at radius 3 is 2.95 bits per heavy atom. The van der Waals surface area contributed by atoms with Crippen LogP contribution in [0, 0.1) is 0 Å². The maximum Gasteiger partial charge on any atom is 0.109 e. The first kappa shape index (κ1) is 14.9. The van der Waals surface area contributed by atoms with Gasteiger partial charge in [0.2, 0.25) is 0 Å². The number of nitrogens with zero attached hydrogens (tertiary/aromatic N) is 2. The van der Waals surface area contributed by atoms with Crippen LogP contribution in [-0.4, -0.2) is 60.5 Å². The molecule has 108 valence electrons. The van der Waals surface area contributed by atoms with E-state index in [4.69, 9.17) is 4.74 Å². The first-order chi connectivity index (χ1) is 9.29. The lowest BCUT2D eigenvalue weighted by atomic mass is 10.2. The molecule has 0 aliphatic carbocycles. The summed E-state index contributed by atoms with van der Waals surface area (Å²) in [5, 5.41) is 16.6. The van der Waals surface area contributed by atoms with E-state index in [0.717, 1.165) is 37.7 Å². The Hall–Kier alpha value is -0.530. The second-order valence-corrected chi connectivity index (χ2v) is 5.73. The zero-order valence-electron chi connectivity index (χ0n) is 11.4. The lowest BCUT2D eigenvalue weighted by molar-refractivity contribution is 0.0144. The van der Waals surface area contributed by atoms with Crippen LogP contribution in [0.4, 0.5) is 0 Å². The van der Waals surface area contributed by atoms with Gasteiger partial charge >= 0.3 is 0 Å². The number of ether oxygens (including phenoxy) is 1. The minimum absolute atomic E-state index is 0.249. The summed E-state index contributed by atoms with van der Waals surface area (Å²) in [5.41, 5.74) is 0. The normalized spacial score (nSPS) is 20.3. The Bertz CT molecular complexity index is 342. The minimum Gasteiger partial charge on any atom is -0.390 e. The predicted molar refractivity (Wildman–Crippen MR) is 76.4 cm³/mol. The second kappa shape index (κ2) is 7.91. The average molecular weight is 285 g/mol. The Kier molecular flexibility index (Phi) is 6.19. The summed E-state index contributed by atoms with van der Waals surface area (Å²) in [6, 6.07) is 0.249. The Labute approximate surface area is 118 Å². The fourth-order valence-corrected chi connectivity index (χ4v) is 3.03. The van der Waals surface area contributed by atoms with Crippen LogP contribution >= 0.6 is 11.3 Å². The van der Waals surface area contributed by atoms with Crippen molar-refractivity contribution in [3.63, 3.8) is 0 Å². The molecule has 5 nitrogen and oxygen atoms in total. The lowest BCUT2D eigenvalue weighted by Gasteiger charge is -2.29. The quantitative estimate of drug-likeness (QED) is 0.779. The van der Waals surface area contributed by atoms with Crippen molar-refractivity contribution in [3.8, 4) is 0 Å². The number of β-amino-alcohol motifs (C(OH)–C–C–N with tert-alkyl or cyclic N) is 1. The summed E-state index contributed by atoms with van der Waals surface area (Å²) in [4.78, 5) is 6.58. The molecule has 1 aliphatic heterocycles. The van der Waals surface area contributed by atoms with Gasteiger partial charge in [-0.1, -0.05) is 6.92 Å². The maximum atomic E-state index is 10.1. The third kappa shape index (κ3) is 4.81. The molecular weight excluding hydrogens is 262 g/mol. The zero-order valence-corrected chi connectivity index (χ0v) is 12.2. The second-order valence-electron chi connectivity index (χ2n) is 4.81. The molecule has 0 radical (unpaired) electrons. The van der Waals surface area contributed by atoms with Crippen LogP contribution in [0.1, 0.15) is 24.4 Å². The summed E-state index contributed by atoms with van der Waals surface area (Å²) in [6.45, 7) is 6.84. The van der Waals surface area contributed by atoms with Gasteiger partial charge in [-0.3, -0.25) is 4.90 Å². The molecule has 19 heavy (non-hydrogen) atoms. The average Bonchev–Trinajstić information content (AvgIpc) is 2.95. The first-order valence-electron chi connectivity index (χ1n) is 6.90. The molecule has 2 heterocycles. The highest BCUT2D eigenvalue weighted by atomic mass is 32.1. The molecule has 1 fully saturated rings. The molecular formula is C13H23N3O2S. The topological polar surface area (TPSA) is 57.6 Å². The lowest BCUT2D eigenvalue weighted by Crippen LogP contribution is -2.44. The van der Waals surface area contributed by atoms with Gasteiger partial charge in [0.05, 0.1) is 25.4 Å². The van der Waals surface area contributed by atoms with Crippen molar-refractivity contribution >= 4 is 11.3 Å². The third-order valence-corrected chi connectivity index (χ3v) is 4.22. The third-order valence-electron chi connectivity index (χ3n) is 3.33. The number of aliphatic hydroxyl groups is 1. The number of aliphatic hydroxyl groups excluding tert-OH is 1. The number of hydrogen-bond acceptors (Lipinski definition) is 6. The van der Waals surface area contributed by atoms with Crippen molar-refractivity contribution in [2.45, 2.75) is 25.5 Å². The van der Waals surface area contributed by atoms with Crippen LogP contribution in [0.3, 0.4) is 0 Å². The summed E-state index contributed by atoms with van der Waals surface area (Å²) in [6.07, 6.45) is 2.47. The van der Waals surface area contributed by atoms with Crippen LogP contribution in [0.5, 0.6) is 0 Å².